The predicted molar refractivity (Wildman–Crippen MR) is 87.6 cm³/mol. The number of amides is 1. The van der Waals surface area contributed by atoms with Gasteiger partial charge in [0.15, 0.2) is 0 Å². The van der Waals surface area contributed by atoms with Crippen LogP contribution in [-0.2, 0) is 6.54 Å². The van der Waals surface area contributed by atoms with Crippen LogP contribution in [0.25, 0.3) is 0 Å². The molecule has 0 unspecified atom stereocenters. The molecule has 1 heterocycles. The molecule has 0 atom stereocenters. The first kappa shape index (κ1) is 14.9. The molecular weight excluding hydrogens is 291 g/mol. The highest BCUT2D eigenvalue weighted by Crippen LogP contribution is 2.20. The van der Waals surface area contributed by atoms with Crippen LogP contribution in [0.1, 0.15) is 15.9 Å². The molecule has 0 bridgehead atoms. The minimum atomic E-state index is -0.331. The van der Waals surface area contributed by atoms with Gasteiger partial charge in [0.05, 0.1) is 6.54 Å². The summed E-state index contributed by atoms with van der Waals surface area (Å²) < 4.78 is 13.2. The number of nitrogens with zero attached hydrogens (tertiary/aromatic N) is 2. The summed E-state index contributed by atoms with van der Waals surface area (Å²) in [4.78, 5) is 18.5. The minimum absolute atomic E-state index is 0.138. The summed E-state index contributed by atoms with van der Waals surface area (Å²) in [7, 11) is 0. The molecule has 1 amide bonds. The Morgan fingerprint density at radius 1 is 0.957 bits per heavy atom. The normalized spacial score (nSPS) is 10.3. The highest BCUT2D eigenvalue weighted by Gasteiger charge is 2.18. The molecule has 0 N–H and O–H groups in total. The Morgan fingerprint density at radius 2 is 1.70 bits per heavy atom. The van der Waals surface area contributed by atoms with Gasteiger partial charge in [-0.25, -0.2) is 4.39 Å². The minimum Gasteiger partial charge on any atom is -0.304 e. The molecule has 0 fully saturated rings. The maximum atomic E-state index is 13.2. The molecule has 0 spiro atoms. The molecule has 4 heteroatoms. The third-order valence-corrected chi connectivity index (χ3v) is 3.47. The van der Waals surface area contributed by atoms with Crippen molar-refractivity contribution in [1.29, 1.82) is 0 Å². The average Bonchev–Trinajstić information content (AvgIpc) is 2.62. The molecule has 0 aliphatic rings. The molecule has 0 radical (unpaired) electrons. The zero-order chi connectivity index (χ0) is 16.1. The van der Waals surface area contributed by atoms with Crippen molar-refractivity contribution in [3.8, 4) is 0 Å². The van der Waals surface area contributed by atoms with Crippen LogP contribution in [0, 0.1) is 5.82 Å². The molecular formula is C19H15FN2O. The first-order valence-corrected chi connectivity index (χ1v) is 7.25. The lowest BCUT2D eigenvalue weighted by Gasteiger charge is -2.23. The Bertz CT molecular complexity index is 773. The maximum Gasteiger partial charge on any atom is 0.258 e. The smallest absolute Gasteiger partial charge is 0.258 e. The van der Waals surface area contributed by atoms with Gasteiger partial charge in [-0.2, -0.15) is 0 Å². The van der Waals surface area contributed by atoms with Gasteiger partial charge >= 0.3 is 0 Å². The van der Waals surface area contributed by atoms with Crippen molar-refractivity contribution in [3.05, 3.63) is 96.1 Å². The number of hydrogen-bond donors (Lipinski definition) is 0. The van der Waals surface area contributed by atoms with Crippen LogP contribution in [0.2, 0.25) is 0 Å². The van der Waals surface area contributed by atoms with E-state index < -0.39 is 0 Å². The van der Waals surface area contributed by atoms with E-state index in [-0.39, 0.29) is 11.7 Å². The van der Waals surface area contributed by atoms with E-state index in [2.05, 4.69) is 4.98 Å². The van der Waals surface area contributed by atoms with Crippen LogP contribution < -0.4 is 4.90 Å². The van der Waals surface area contributed by atoms with Crippen LogP contribution in [0.4, 0.5) is 10.1 Å². The Morgan fingerprint density at radius 3 is 2.35 bits per heavy atom. The van der Waals surface area contributed by atoms with Crippen molar-refractivity contribution >= 4 is 11.6 Å². The number of pyridine rings is 1. The van der Waals surface area contributed by atoms with Crippen LogP contribution in [0.5, 0.6) is 0 Å². The molecule has 0 aliphatic carbocycles. The zero-order valence-electron chi connectivity index (χ0n) is 12.4. The summed E-state index contributed by atoms with van der Waals surface area (Å²) in [6, 6.07) is 18.7. The molecule has 3 aromatic rings. The second kappa shape index (κ2) is 6.83. The largest absolute Gasteiger partial charge is 0.304 e. The highest BCUT2D eigenvalue weighted by molar-refractivity contribution is 6.05. The van der Waals surface area contributed by atoms with Crippen LogP contribution in [-0.4, -0.2) is 10.9 Å². The lowest BCUT2D eigenvalue weighted by Crippen LogP contribution is -2.30. The van der Waals surface area contributed by atoms with E-state index in [9.17, 15) is 9.18 Å². The summed E-state index contributed by atoms with van der Waals surface area (Å²) in [6.07, 6.45) is 3.40. The predicted octanol–water partition coefficient (Wildman–Crippen LogP) is 4.07. The van der Waals surface area contributed by atoms with Gasteiger partial charge in [0.25, 0.3) is 5.91 Å². The summed E-state index contributed by atoms with van der Waals surface area (Å²) in [6.45, 7) is 0.368. The van der Waals surface area contributed by atoms with Gasteiger partial charge < -0.3 is 4.90 Å². The van der Waals surface area contributed by atoms with E-state index in [4.69, 9.17) is 0 Å². The SMILES string of the molecule is O=C(c1ccccc1)N(Cc1cccnc1)c1ccc(F)cc1. The third-order valence-electron chi connectivity index (χ3n) is 3.47. The highest BCUT2D eigenvalue weighted by atomic mass is 19.1. The molecule has 0 saturated carbocycles. The molecule has 3 rings (SSSR count). The van der Waals surface area contributed by atoms with Crippen molar-refractivity contribution in [2.45, 2.75) is 6.54 Å². The van der Waals surface area contributed by atoms with E-state index >= 15 is 0 Å². The van der Waals surface area contributed by atoms with E-state index in [1.807, 2.05) is 30.3 Å². The molecule has 1 aromatic heterocycles. The van der Waals surface area contributed by atoms with Crippen LogP contribution in [0.3, 0.4) is 0 Å². The lowest BCUT2D eigenvalue weighted by atomic mass is 10.1. The fraction of sp³-hybridized carbons (Fsp3) is 0.0526. The van der Waals surface area contributed by atoms with Crippen molar-refractivity contribution in [2.24, 2.45) is 0 Å². The lowest BCUT2D eigenvalue weighted by molar-refractivity contribution is 0.0985. The number of rotatable bonds is 4. The molecule has 0 saturated heterocycles. The number of benzene rings is 2. The van der Waals surface area contributed by atoms with Gasteiger partial charge in [-0.1, -0.05) is 24.3 Å². The summed E-state index contributed by atoms with van der Waals surface area (Å²) in [5.74, 6) is -0.469. The van der Waals surface area contributed by atoms with Gasteiger partial charge in [-0.15, -0.1) is 0 Å². The Kier molecular flexibility index (Phi) is 4.43. The Hall–Kier alpha value is -3.01. The number of carbonyl (C=O) groups is 1. The maximum absolute atomic E-state index is 13.2. The second-order valence-corrected chi connectivity index (χ2v) is 5.10. The Labute approximate surface area is 134 Å². The fourth-order valence-corrected chi connectivity index (χ4v) is 2.31. The first-order valence-electron chi connectivity index (χ1n) is 7.25. The van der Waals surface area contributed by atoms with E-state index in [1.54, 1.807) is 41.6 Å². The van der Waals surface area contributed by atoms with Crippen LogP contribution >= 0.6 is 0 Å². The number of halogens is 1. The second-order valence-electron chi connectivity index (χ2n) is 5.10. The van der Waals surface area contributed by atoms with Gasteiger partial charge in [-0.05, 0) is 48.0 Å². The van der Waals surface area contributed by atoms with E-state index in [1.165, 1.54) is 12.1 Å². The molecule has 114 valence electrons. The van der Waals surface area contributed by atoms with E-state index in [0.29, 0.717) is 17.8 Å². The monoisotopic (exact) mass is 306 g/mol. The third kappa shape index (κ3) is 3.61. The number of carbonyl (C=O) groups excluding carboxylic acids is 1. The molecule has 0 aliphatic heterocycles. The van der Waals surface area contributed by atoms with Crippen molar-refractivity contribution in [1.82, 2.24) is 4.98 Å². The van der Waals surface area contributed by atoms with Gasteiger partial charge in [0.1, 0.15) is 5.82 Å². The molecule has 23 heavy (non-hydrogen) atoms. The van der Waals surface area contributed by atoms with Gasteiger partial charge in [0, 0.05) is 23.6 Å². The van der Waals surface area contributed by atoms with Gasteiger partial charge in [-0.3, -0.25) is 9.78 Å². The van der Waals surface area contributed by atoms with Crippen molar-refractivity contribution in [3.63, 3.8) is 0 Å². The Balaban J connectivity index is 1.96. The average molecular weight is 306 g/mol. The topological polar surface area (TPSA) is 33.2 Å². The summed E-state index contributed by atoms with van der Waals surface area (Å²) >= 11 is 0. The van der Waals surface area contributed by atoms with Crippen molar-refractivity contribution in [2.75, 3.05) is 4.90 Å². The first-order chi connectivity index (χ1) is 11.2. The zero-order valence-corrected chi connectivity index (χ0v) is 12.4. The number of anilines is 1. The number of hydrogen-bond acceptors (Lipinski definition) is 2. The fourth-order valence-electron chi connectivity index (χ4n) is 2.31. The van der Waals surface area contributed by atoms with Crippen LogP contribution in [0.15, 0.2) is 79.1 Å². The molecule has 3 nitrogen and oxygen atoms in total. The standard InChI is InChI=1S/C19H15FN2O/c20-17-8-10-18(11-9-17)22(14-15-5-4-12-21-13-15)19(23)16-6-2-1-3-7-16/h1-13H,14H2. The summed E-state index contributed by atoms with van der Waals surface area (Å²) in [5.41, 5.74) is 2.13. The van der Waals surface area contributed by atoms with Gasteiger partial charge in [0.2, 0.25) is 0 Å². The number of aromatic nitrogens is 1. The summed E-state index contributed by atoms with van der Waals surface area (Å²) in [5, 5.41) is 0. The van der Waals surface area contributed by atoms with Crippen molar-refractivity contribution < 1.29 is 9.18 Å². The molecule has 2 aromatic carbocycles. The van der Waals surface area contributed by atoms with E-state index in [0.717, 1.165) is 5.56 Å². The quantitative estimate of drug-likeness (QED) is 0.728.